The van der Waals surface area contributed by atoms with Crippen molar-refractivity contribution in [3.8, 4) is 0 Å². The van der Waals surface area contributed by atoms with Crippen molar-refractivity contribution in [3.63, 3.8) is 0 Å². The topological polar surface area (TPSA) is 108 Å². The van der Waals surface area contributed by atoms with Crippen LogP contribution >= 0.6 is 0 Å². The van der Waals surface area contributed by atoms with E-state index in [0.29, 0.717) is 0 Å². The zero-order valence-electron chi connectivity index (χ0n) is 18.1. The van der Waals surface area contributed by atoms with Gasteiger partial charge in [-0.2, -0.15) is 0 Å². The van der Waals surface area contributed by atoms with Crippen molar-refractivity contribution in [2.75, 3.05) is 0 Å². The minimum Gasteiger partial charge on any atom is -0.390 e. The Morgan fingerprint density at radius 3 is 2.34 bits per heavy atom. The number of benzene rings is 2. The van der Waals surface area contributed by atoms with Gasteiger partial charge in [-0.1, -0.05) is 66.7 Å². The summed E-state index contributed by atoms with van der Waals surface area (Å²) in [5, 5.41) is 36.1. The van der Waals surface area contributed by atoms with Crippen LogP contribution in [0.3, 0.4) is 0 Å². The number of carbonyl (C=O) groups excluding carboxylic acids is 1. The van der Waals surface area contributed by atoms with Gasteiger partial charge in [0.1, 0.15) is 23.9 Å². The minimum absolute atomic E-state index is 0.0395. The van der Waals surface area contributed by atoms with E-state index >= 15 is 0 Å². The van der Waals surface area contributed by atoms with Crippen LogP contribution in [0.15, 0.2) is 73.3 Å². The Morgan fingerprint density at radius 1 is 1.19 bits per heavy atom. The van der Waals surface area contributed by atoms with Crippen molar-refractivity contribution in [2.24, 2.45) is 0 Å². The molecule has 2 aromatic rings. The fraction of sp³-hybridized carbons (Fsp3) is 0.400. The predicted molar refractivity (Wildman–Crippen MR) is 119 cm³/mol. The summed E-state index contributed by atoms with van der Waals surface area (Å²) >= 11 is 0. The summed E-state index contributed by atoms with van der Waals surface area (Å²) in [6, 6.07) is 17.6. The number of rotatable bonds is 9. The number of aliphatic hydroxyl groups excluding tert-OH is 2. The number of aliphatic hydroxyl groups is 3. The summed E-state index contributed by atoms with van der Waals surface area (Å²) < 4.78 is 11.9. The second kappa shape index (κ2) is 10.8. The monoisotopic (exact) mass is 441 g/mol. The van der Waals surface area contributed by atoms with Crippen molar-refractivity contribution >= 4 is 5.91 Å². The van der Waals surface area contributed by atoms with E-state index in [2.05, 4.69) is 11.9 Å². The van der Waals surface area contributed by atoms with Crippen molar-refractivity contribution < 1.29 is 29.6 Å². The maximum atomic E-state index is 11.9. The average Bonchev–Trinajstić information content (AvgIpc) is 2.78. The summed E-state index contributed by atoms with van der Waals surface area (Å²) in [6.07, 6.45) is -3.24. The highest BCUT2D eigenvalue weighted by molar-refractivity contribution is 5.73. The summed E-state index contributed by atoms with van der Waals surface area (Å²) in [4.78, 5) is 11.9. The van der Waals surface area contributed by atoms with Gasteiger partial charge in [-0.15, -0.1) is 6.58 Å². The molecular weight excluding hydrogens is 410 g/mol. The lowest BCUT2D eigenvalue weighted by atomic mass is 9.77. The maximum Gasteiger partial charge on any atom is 0.217 e. The maximum absolute atomic E-state index is 11.9. The lowest BCUT2D eigenvalue weighted by molar-refractivity contribution is -0.311. The molecule has 0 aliphatic carbocycles. The Labute approximate surface area is 188 Å². The Kier molecular flexibility index (Phi) is 8.17. The normalized spacial score (nSPS) is 28.6. The van der Waals surface area contributed by atoms with E-state index in [1.165, 1.54) is 13.0 Å². The lowest BCUT2D eigenvalue weighted by Gasteiger charge is -2.51. The van der Waals surface area contributed by atoms with Crippen LogP contribution in [0.5, 0.6) is 0 Å². The first-order valence-electron chi connectivity index (χ1n) is 10.7. The molecule has 0 saturated carbocycles. The SMILES string of the molecule is C=CC[C@]1(O)[C@H](O)[C@@H](C(O)Cc2ccccc2)O[C@H](OCc2ccccc2)[C@H]1NC(C)=O. The van der Waals surface area contributed by atoms with E-state index in [9.17, 15) is 20.1 Å². The summed E-state index contributed by atoms with van der Waals surface area (Å²) in [7, 11) is 0. The van der Waals surface area contributed by atoms with Crippen molar-refractivity contribution in [1.82, 2.24) is 5.32 Å². The average molecular weight is 442 g/mol. The van der Waals surface area contributed by atoms with Crippen LogP contribution in [0.25, 0.3) is 0 Å². The van der Waals surface area contributed by atoms with Crippen LogP contribution < -0.4 is 5.32 Å². The summed E-state index contributed by atoms with van der Waals surface area (Å²) in [5.41, 5.74) is -0.124. The molecule has 0 bridgehead atoms. The Morgan fingerprint density at radius 2 is 1.78 bits per heavy atom. The molecule has 7 heteroatoms. The Hall–Kier alpha value is -2.55. The van der Waals surface area contributed by atoms with E-state index < -0.39 is 42.2 Å². The molecule has 32 heavy (non-hydrogen) atoms. The molecule has 3 rings (SSSR count). The molecule has 172 valence electrons. The largest absolute Gasteiger partial charge is 0.390 e. The zero-order valence-corrected chi connectivity index (χ0v) is 18.1. The molecule has 0 radical (unpaired) electrons. The van der Waals surface area contributed by atoms with E-state index in [0.717, 1.165) is 11.1 Å². The lowest BCUT2D eigenvalue weighted by Crippen LogP contribution is -2.73. The number of hydrogen-bond acceptors (Lipinski definition) is 6. The summed E-state index contributed by atoms with van der Waals surface area (Å²) in [5.74, 6) is -0.412. The van der Waals surface area contributed by atoms with Gasteiger partial charge in [0, 0.05) is 13.3 Å². The molecule has 7 nitrogen and oxygen atoms in total. The van der Waals surface area contributed by atoms with Gasteiger partial charge < -0.3 is 30.1 Å². The van der Waals surface area contributed by atoms with E-state index in [4.69, 9.17) is 9.47 Å². The molecule has 1 aliphatic heterocycles. The summed E-state index contributed by atoms with van der Waals surface area (Å²) in [6.45, 7) is 5.14. The van der Waals surface area contributed by atoms with E-state index in [-0.39, 0.29) is 19.4 Å². The molecule has 2 aromatic carbocycles. The highest BCUT2D eigenvalue weighted by Gasteiger charge is 2.57. The quantitative estimate of drug-likeness (QED) is 0.441. The van der Waals surface area contributed by atoms with Crippen molar-refractivity contribution in [1.29, 1.82) is 0 Å². The van der Waals surface area contributed by atoms with E-state index in [1.54, 1.807) is 0 Å². The standard InChI is InChI=1S/C25H31NO6/c1-3-14-25(30)22(26-17(2)27)24(31-16-19-12-8-5-9-13-19)32-21(23(25)29)20(28)15-18-10-6-4-7-11-18/h3-13,20-24,28-30H,1,14-16H2,2H3,(H,26,27)/t20?,21-,22-,23-,24+,25-/m1/s1. The number of nitrogens with one attached hydrogen (secondary N) is 1. The van der Waals surface area contributed by atoms with Crippen LogP contribution in [-0.4, -0.2) is 57.5 Å². The number of ether oxygens (including phenoxy) is 2. The second-order valence-electron chi connectivity index (χ2n) is 8.13. The first-order chi connectivity index (χ1) is 15.3. The number of amides is 1. The van der Waals surface area contributed by atoms with Gasteiger partial charge in [0.05, 0.1) is 12.7 Å². The molecule has 1 unspecified atom stereocenters. The number of carbonyl (C=O) groups is 1. The molecule has 1 fully saturated rings. The first kappa shape index (κ1) is 24.1. The molecule has 1 amide bonds. The highest BCUT2D eigenvalue weighted by Crippen LogP contribution is 2.36. The third-order valence-electron chi connectivity index (χ3n) is 5.68. The molecule has 1 aliphatic rings. The molecule has 4 N–H and O–H groups in total. The Bertz CT molecular complexity index is 877. The minimum atomic E-state index is -1.85. The van der Waals surface area contributed by atoms with Crippen LogP contribution in [0.4, 0.5) is 0 Å². The van der Waals surface area contributed by atoms with Crippen LogP contribution in [0.1, 0.15) is 24.5 Å². The fourth-order valence-corrected chi connectivity index (χ4v) is 4.06. The molecular formula is C25H31NO6. The molecule has 0 spiro atoms. The Balaban J connectivity index is 1.88. The molecule has 1 heterocycles. The molecule has 6 atom stereocenters. The van der Waals surface area contributed by atoms with Crippen LogP contribution in [0.2, 0.25) is 0 Å². The van der Waals surface area contributed by atoms with Gasteiger partial charge in [0.25, 0.3) is 0 Å². The number of hydrogen-bond donors (Lipinski definition) is 4. The van der Waals surface area contributed by atoms with Crippen molar-refractivity contribution in [2.45, 2.75) is 62.6 Å². The van der Waals surface area contributed by atoms with E-state index in [1.807, 2.05) is 60.7 Å². The van der Waals surface area contributed by atoms with Gasteiger partial charge in [-0.25, -0.2) is 0 Å². The second-order valence-corrected chi connectivity index (χ2v) is 8.13. The van der Waals surface area contributed by atoms with Gasteiger partial charge in [0.2, 0.25) is 5.91 Å². The van der Waals surface area contributed by atoms with Gasteiger partial charge in [-0.3, -0.25) is 4.79 Å². The fourth-order valence-electron chi connectivity index (χ4n) is 4.06. The van der Waals surface area contributed by atoms with Crippen molar-refractivity contribution in [3.05, 3.63) is 84.4 Å². The van der Waals surface area contributed by atoms with Gasteiger partial charge in [-0.05, 0) is 17.5 Å². The van der Waals surface area contributed by atoms with Crippen LogP contribution in [-0.2, 0) is 27.3 Å². The predicted octanol–water partition coefficient (Wildman–Crippen LogP) is 1.70. The van der Waals surface area contributed by atoms with Gasteiger partial charge in [0.15, 0.2) is 6.29 Å². The zero-order chi connectivity index (χ0) is 23.1. The van der Waals surface area contributed by atoms with Gasteiger partial charge >= 0.3 is 0 Å². The third kappa shape index (κ3) is 5.62. The smallest absolute Gasteiger partial charge is 0.217 e. The molecule has 0 aromatic heterocycles. The highest BCUT2D eigenvalue weighted by atomic mass is 16.7. The first-order valence-corrected chi connectivity index (χ1v) is 10.7. The third-order valence-corrected chi connectivity index (χ3v) is 5.68. The molecule has 1 saturated heterocycles. The van der Waals surface area contributed by atoms with Crippen LogP contribution in [0, 0.1) is 0 Å².